The molecular formula is C9H12ClNO3S. The number of alkyl halides is 1. The third kappa shape index (κ3) is 3.09. The molecule has 0 unspecified atom stereocenters. The molecular weight excluding hydrogens is 238 g/mol. The van der Waals surface area contributed by atoms with E-state index in [9.17, 15) is 8.42 Å². The van der Waals surface area contributed by atoms with Crippen molar-refractivity contribution in [2.45, 2.75) is 11.3 Å². The number of ether oxygens (including phenoxy) is 1. The molecule has 6 heteroatoms. The Morgan fingerprint density at radius 1 is 1.47 bits per heavy atom. The minimum absolute atomic E-state index is 0.101. The number of sulfonamides is 1. The van der Waals surface area contributed by atoms with Gasteiger partial charge in [0.05, 0.1) is 12.0 Å². The first-order chi connectivity index (χ1) is 6.99. The second-order valence-electron chi connectivity index (χ2n) is 2.96. The van der Waals surface area contributed by atoms with Crippen molar-refractivity contribution < 1.29 is 13.2 Å². The average molecular weight is 250 g/mol. The number of nitrogens with two attached hydrogens (primary N) is 1. The third-order valence-electron chi connectivity index (χ3n) is 1.94. The van der Waals surface area contributed by atoms with Crippen LogP contribution < -0.4 is 9.88 Å². The fraction of sp³-hybridized carbons (Fsp3) is 0.333. The minimum atomic E-state index is -3.69. The zero-order valence-corrected chi connectivity index (χ0v) is 9.81. The highest BCUT2D eigenvalue weighted by Crippen LogP contribution is 2.21. The van der Waals surface area contributed by atoms with E-state index in [1.165, 1.54) is 13.2 Å². The fourth-order valence-corrected chi connectivity index (χ4v) is 2.25. The van der Waals surface area contributed by atoms with Crippen molar-refractivity contribution in [2.24, 2.45) is 5.14 Å². The Balaban J connectivity index is 3.27. The molecule has 0 aliphatic carbocycles. The van der Waals surface area contributed by atoms with Crippen molar-refractivity contribution in [3.05, 3.63) is 23.8 Å². The first-order valence-corrected chi connectivity index (χ1v) is 6.33. The summed E-state index contributed by atoms with van der Waals surface area (Å²) in [5, 5.41) is 5.07. The van der Waals surface area contributed by atoms with Crippen molar-refractivity contribution in [3.8, 4) is 5.75 Å². The highest BCUT2D eigenvalue weighted by Gasteiger charge is 2.14. The van der Waals surface area contributed by atoms with Gasteiger partial charge in [0.1, 0.15) is 5.75 Å². The van der Waals surface area contributed by atoms with E-state index < -0.39 is 10.0 Å². The van der Waals surface area contributed by atoms with E-state index in [0.717, 1.165) is 0 Å². The minimum Gasteiger partial charge on any atom is -0.497 e. The Kier molecular flexibility index (Phi) is 3.96. The number of hydrogen-bond acceptors (Lipinski definition) is 3. The van der Waals surface area contributed by atoms with Crippen LogP contribution in [0.3, 0.4) is 0 Å². The first kappa shape index (κ1) is 12.3. The average Bonchev–Trinajstić information content (AvgIpc) is 2.16. The van der Waals surface area contributed by atoms with Gasteiger partial charge in [-0.15, -0.1) is 11.6 Å². The quantitative estimate of drug-likeness (QED) is 0.813. The molecule has 0 aliphatic rings. The number of rotatable bonds is 4. The van der Waals surface area contributed by atoms with Crippen LogP contribution in [-0.4, -0.2) is 21.4 Å². The zero-order valence-electron chi connectivity index (χ0n) is 8.23. The predicted molar refractivity (Wildman–Crippen MR) is 58.8 cm³/mol. The SMILES string of the molecule is COc1ccc(S(N)(=O)=O)c(CCCl)c1. The van der Waals surface area contributed by atoms with Crippen molar-refractivity contribution in [1.82, 2.24) is 0 Å². The van der Waals surface area contributed by atoms with E-state index in [4.69, 9.17) is 21.5 Å². The van der Waals surface area contributed by atoms with Gasteiger partial charge in [0, 0.05) is 5.88 Å². The number of aryl methyl sites for hydroxylation is 1. The number of methoxy groups -OCH3 is 1. The molecule has 15 heavy (non-hydrogen) atoms. The smallest absolute Gasteiger partial charge is 0.238 e. The van der Waals surface area contributed by atoms with E-state index in [-0.39, 0.29) is 4.90 Å². The Hall–Kier alpha value is -0.780. The molecule has 0 aromatic heterocycles. The molecule has 0 bridgehead atoms. The summed E-state index contributed by atoms with van der Waals surface area (Å²) in [4.78, 5) is 0.101. The standard InChI is InChI=1S/C9H12ClNO3S/c1-14-8-2-3-9(15(11,12)13)7(6-8)4-5-10/h2-3,6H,4-5H2,1H3,(H2,11,12,13). The van der Waals surface area contributed by atoms with Gasteiger partial charge < -0.3 is 4.74 Å². The molecule has 4 nitrogen and oxygen atoms in total. The zero-order chi connectivity index (χ0) is 11.5. The molecule has 0 radical (unpaired) electrons. The van der Waals surface area contributed by atoms with Gasteiger partial charge in [0.2, 0.25) is 10.0 Å². The summed E-state index contributed by atoms with van der Waals surface area (Å²) >= 11 is 5.58. The number of hydrogen-bond donors (Lipinski definition) is 1. The maximum absolute atomic E-state index is 11.2. The largest absolute Gasteiger partial charge is 0.497 e. The Labute approximate surface area is 94.0 Å². The van der Waals surface area contributed by atoms with Gasteiger partial charge in [-0.05, 0) is 30.2 Å². The molecule has 0 spiro atoms. The van der Waals surface area contributed by atoms with Crippen LogP contribution in [0, 0.1) is 0 Å². The van der Waals surface area contributed by atoms with E-state index >= 15 is 0 Å². The van der Waals surface area contributed by atoms with Crippen molar-refractivity contribution in [1.29, 1.82) is 0 Å². The van der Waals surface area contributed by atoms with Crippen LogP contribution in [0.1, 0.15) is 5.56 Å². The molecule has 84 valence electrons. The van der Waals surface area contributed by atoms with E-state index in [0.29, 0.717) is 23.6 Å². The van der Waals surface area contributed by atoms with Crippen molar-refractivity contribution in [3.63, 3.8) is 0 Å². The maximum Gasteiger partial charge on any atom is 0.238 e. The molecule has 0 heterocycles. The molecule has 0 aliphatic heterocycles. The van der Waals surface area contributed by atoms with E-state index in [1.54, 1.807) is 12.1 Å². The molecule has 2 N–H and O–H groups in total. The lowest BCUT2D eigenvalue weighted by atomic mass is 10.1. The van der Waals surface area contributed by atoms with Gasteiger partial charge in [-0.25, -0.2) is 13.6 Å². The second kappa shape index (κ2) is 4.83. The van der Waals surface area contributed by atoms with Crippen LogP contribution in [0.5, 0.6) is 5.75 Å². The highest BCUT2D eigenvalue weighted by molar-refractivity contribution is 7.89. The summed E-state index contributed by atoms with van der Waals surface area (Å²) < 4.78 is 27.4. The van der Waals surface area contributed by atoms with Gasteiger partial charge in [-0.3, -0.25) is 0 Å². The van der Waals surface area contributed by atoms with Gasteiger partial charge in [0.25, 0.3) is 0 Å². The molecule has 1 aromatic carbocycles. The summed E-state index contributed by atoms with van der Waals surface area (Å²) in [5.41, 5.74) is 0.576. The lowest BCUT2D eigenvalue weighted by Crippen LogP contribution is -2.14. The van der Waals surface area contributed by atoms with Crippen LogP contribution in [0.2, 0.25) is 0 Å². The molecule has 1 aromatic rings. The Morgan fingerprint density at radius 2 is 2.13 bits per heavy atom. The van der Waals surface area contributed by atoms with Gasteiger partial charge in [0.15, 0.2) is 0 Å². The van der Waals surface area contributed by atoms with Gasteiger partial charge >= 0.3 is 0 Å². The van der Waals surface area contributed by atoms with Crippen LogP contribution >= 0.6 is 11.6 Å². The first-order valence-electron chi connectivity index (χ1n) is 4.24. The van der Waals surface area contributed by atoms with E-state index in [1.807, 2.05) is 0 Å². The summed E-state index contributed by atoms with van der Waals surface area (Å²) in [6.07, 6.45) is 0.435. The van der Waals surface area contributed by atoms with Gasteiger partial charge in [-0.2, -0.15) is 0 Å². The summed E-state index contributed by atoms with van der Waals surface area (Å²) in [7, 11) is -2.18. The molecule has 0 saturated carbocycles. The maximum atomic E-state index is 11.2. The van der Waals surface area contributed by atoms with Crippen LogP contribution in [0.25, 0.3) is 0 Å². The normalized spacial score (nSPS) is 11.4. The fourth-order valence-electron chi connectivity index (χ4n) is 1.26. The molecule has 0 fully saturated rings. The number of halogens is 1. The summed E-state index contributed by atoms with van der Waals surface area (Å²) in [5.74, 6) is 0.915. The number of benzene rings is 1. The summed E-state index contributed by atoms with van der Waals surface area (Å²) in [6.45, 7) is 0. The van der Waals surface area contributed by atoms with Gasteiger partial charge in [-0.1, -0.05) is 0 Å². The van der Waals surface area contributed by atoms with Crippen LogP contribution in [0.15, 0.2) is 23.1 Å². The van der Waals surface area contributed by atoms with Crippen molar-refractivity contribution >= 4 is 21.6 Å². The lowest BCUT2D eigenvalue weighted by molar-refractivity contribution is 0.414. The predicted octanol–water partition coefficient (Wildman–Crippen LogP) is 1.12. The molecule has 0 amide bonds. The van der Waals surface area contributed by atoms with Crippen LogP contribution in [0.4, 0.5) is 0 Å². The van der Waals surface area contributed by atoms with E-state index in [2.05, 4.69) is 0 Å². The summed E-state index contributed by atoms with van der Waals surface area (Å²) in [6, 6.07) is 4.61. The Morgan fingerprint density at radius 3 is 2.60 bits per heavy atom. The molecule has 0 atom stereocenters. The third-order valence-corrected chi connectivity index (χ3v) is 3.14. The second-order valence-corrected chi connectivity index (χ2v) is 4.87. The highest BCUT2D eigenvalue weighted by atomic mass is 35.5. The monoisotopic (exact) mass is 249 g/mol. The Bertz CT molecular complexity index is 445. The molecule has 0 saturated heterocycles. The van der Waals surface area contributed by atoms with Crippen molar-refractivity contribution in [2.75, 3.05) is 13.0 Å². The van der Waals surface area contributed by atoms with Crippen LogP contribution in [-0.2, 0) is 16.4 Å². The number of primary sulfonamides is 1. The molecule has 1 rings (SSSR count). The lowest BCUT2D eigenvalue weighted by Gasteiger charge is -2.08. The topological polar surface area (TPSA) is 69.4 Å².